The lowest BCUT2D eigenvalue weighted by molar-refractivity contribution is -0.139. The van der Waals surface area contributed by atoms with Gasteiger partial charge in [-0.05, 0) is 30.2 Å². The largest absolute Gasteiger partial charge is 0.480 e. The Morgan fingerprint density at radius 2 is 1.39 bits per heavy atom. The molecular formula is C24H22N2O2. The predicted octanol–water partition coefficient (Wildman–Crippen LogP) is 4.55. The number of rotatable bonds is 7. The summed E-state index contributed by atoms with van der Waals surface area (Å²) < 4.78 is 5.84. The number of nitriles is 1. The third-order valence-electron chi connectivity index (χ3n) is 4.40. The number of hydrogen-bond acceptors (Lipinski definition) is 3. The maximum atomic E-state index is 13.2. The molecule has 1 amide bonds. The molecule has 3 aromatic rings. The molecule has 4 heteroatoms. The molecule has 0 unspecified atom stereocenters. The van der Waals surface area contributed by atoms with Crippen LogP contribution in [-0.2, 0) is 17.9 Å². The van der Waals surface area contributed by atoms with Crippen LogP contribution in [0.15, 0.2) is 84.9 Å². The van der Waals surface area contributed by atoms with Crippen molar-refractivity contribution in [3.8, 4) is 11.8 Å². The van der Waals surface area contributed by atoms with E-state index in [2.05, 4.69) is 6.07 Å². The van der Waals surface area contributed by atoms with Gasteiger partial charge in [-0.2, -0.15) is 5.26 Å². The molecule has 0 aliphatic rings. The lowest BCUT2D eigenvalue weighted by Gasteiger charge is -2.26. The van der Waals surface area contributed by atoms with E-state index in [-0.39, 0.29) is 5.91 Å². The molecule has 0 saturated carbocycles. The molecule has 0 aliphatic carbocycles. The molecule has 0 N–H and O–H groups in total. The Bertz CT molecular complexity index is 908. The number of carbonyl (C=O) groups is 1. The zero-order valence-corrected chi connectivity index (χ0v) is 15.8. The van der Waals surface area contributed by atoms with E-state index < -0.39 is 6.10 Å². The molecule has 0 spiro atoms. The third kappa shape index (κ3) is 4.99. The van der Waals surface area contributed by atoms with Gasteiger partial charge in [0.05, 0.1) is 5.56 Å². The summed E-state index contributed by atoms with van der Waals surface area (Å²) in [6.07, 6.45) is -0.707. The maximum absolute atomic E-state index is 13.2. The minimum Gasteiger partial charge on any atom is -0.480 e. The van der Waals surface area contributed by atoms with Crippen LogP contribution in [0, 0.1) is 11.3 Å². The fraction of sp³-hybridized carbons (Fsp3) is 0.167. The van der Waals surface area contributed by atoms with E-state index in [4.69, 9.17) is 4.74 Å². The van der Waals surface area contributed by atoms with Crippen LogP contribution in [0.4, 0.5) is 0 Å². The average Bonchev–Trinajstić information content (AvgIpc) is 2.74. The lowest BCUT2D eigenvalue weighted by atomic mass is 10.1. The first-order chi connectivity index (χ1) is 13.7. The first-order valence-electron chi connectivity index (χ1n) is 9.20. The summed E-state index contributed by atoms with van der Waals surface area (Å²) in [5, 5.41) is 9.24. The molecule has 140 valence electrons. The lowest BCUT2D eigenvalue weighted by Crippen LogP contribution is -2.39. The summed E-state index contributed by atoms with van der Waals surface area (Å²) in [6, 6.07) is 28.8. The summed E-state index contributed by atoms with van der Waals surface area (Å²) >= 11 is 0. The highest BCUT2D eigenvalue weighted by Crippen LogP contribution is 2.20. The van der Waals surface area contributed by atoms with Crippen molar-refractivity contribution in [2.45, 2.75) is 26.1 Å². The number of carbonyl (C=O) groups excluding carboxylic acids is 1. The molecule has 4 nitrogen and oxygen atoms in total. The van der Waals surface area contributed by atoms with Crippen LogP contribution in [0.25, 0.3) is 0 Å². The van der Waals surface area contributed by atoms with E-state index in [0.29, 0.717) is 24.4 Å². The van der Waals surface area contributed by atoms with Crippen LogP contribution >= 0.6 is 0 Å². The van der Waals surface area contributed by atoms with Gasteiger partial charge in [0.15, 0.2) is 6.10 Å². The molecule has 0 bridgehead atoms. The quantitative estimate of drug-likeness (QED) is 0.613. The van der Waals surface area contributed by atoms with Crippen LogP contribution in [-0.4, -0.2) is 16.9 Å². The SMILES string of the molecule is C[C@@H](Oc1ccccc1C#N)C(=O)N(Cc1ccccc1)Cc1ccccc1. The Balaban J connectivity index is 1.79. The van der Waals surface area contributed by atoms with E-state index in [1.165, 1.54) is 0 Å². The molecule has 0 fully saturated rings. The highest BCUT2D eigenvalue weighted by Gasteiger charge is 2.23. The van der Waals surface area contributed by atoms with Gasteiger partial charge in [-0.25, -0.2) is 0 Å². The van der Waals surface area contributed by atoms with Crippen molar-refractivity contribution in [1.82, 2.24) is 4.90 Å². The van der Waals surface area contributed by atoms with Gasteiger partial charge in [0, 0.05) is 13.1 Å². The summed E-state index contributed by atoms with van der Waals surface area (Å²) in [7, 11) is 0. The van der Waals surface area contributed by atoms with Crippen molar-refractivity contribution in [2.75, 3.05) is 0 Å². The third-order valence-corrected chi connectivity index (χ3v) is 4.40. The van der Waals surface area contributed by atoms with Crippen LogP contribution < -0.4 is 4.74 Å². The van der Waals surface area contributed by atoms with Crippen molar-refractivity contribution in [1.29, 1.82) is 5.26 Å². The molecule has 3 aromatic carbocycles. The monoisotopic (exact) mass is 370 g/mol. The van der Waals surface area contributed by atoms with E-state index >= 15 is 0 Å². The molecule has 28 heavy (non-hydrogen) atoms. The van der Waals surface area contributed by atoms with E-state index in [1.807, 2.05) is 60.7 Å². The van der Waals surface area contributed by atoms with Gasteiger partial charge in [0.1, 0.15) is 11.8 Å². The van der Waals surface area contributed by atoms with Crippen molar-refractivity contribution in [3.63, 3.8) is 0 Å². The summed E-state index contributed by atoms with van der Waals surface area (Å²) in [5.41, 5.74) is 2.52. The zero-order valence-electron chi connectivity index (χ0n) is 15.8. The Kier molecular flexibility index (Phi) is 6.43. The van der Waals surface area contributed by atoms with Crippen molar-refractivity contribution < 1.29 is 9.53 Å². The Hall–Kier alpha value is -3.58. The second-order valence-corrected chi connectivity index (χ2v) is 6.53. The van der Waals surface area contributed by atoms with Gasteiger partial charge < -0.3 is 9.64 Å². The van der Waals surface area contributed by atoms with E-state index in [1.54, 1.807) is 36.1 Å². The molecule has 0 saturated heterocycles. The van der Waals surface area contributed by atoms with Crippen molar-refractivity contribution in [2.24, 2.45) is 0 Å². The summed E-state index contributed by atoms with van der Waals surface area (Å²) in [6.45, 7) is 2.70. The van der Waals surface area contributed by atoms with Crippen LogP contribution in [0.5, 0.6) is 5.75 Å². The van der Waals surface area contributed by atoms with Gasteiger partial charge >= 0.3 is 0 Å². The molecule has 3 rings (SSSR count). The van der Waals surface area contributed by atoms with Crippen LogP contribution in [0.1, 0.15) is 23.6 Å². The van der Waals surface area contributed by atoms with Crippen molar-refractivity contribution >= 4 is 5.91 Å². The smallest absolute Gasteiger partial charge is 0.263 e. The number of para-hydroxylation sites is 1. The molecule has 0 aliphatic heterocycles. The number of amides is 1. The zero-order chi connectivity index (χ0) is 19.8. The minimum absolute atomic E-state index is 0.125. The second kappa shape index (κ2) is 9.38. The topological polar surface area (TPSA) is 53.3 Å². The Morgan fingerprint density at radius 1 is 0.893 bits per heavy atom. The van der Waals surface area contributed by atoms with Gasteiger partial charge in [-0.1, -0.05) is 72.8 Å². The molecule has 0 aromatic heterocycles. The molecule has 1 atom stereocenters. The standard InChI is InChI=1S/C24H22N2O2/c1-19(28-23-15-9-8-14-22(23)16-25)24(27)26(17-20-10-4-2-5-11-20)18-21-12-6-3-7-13-21/h2-15,19H,17-18H2,1H3/t19-/m1/s1. The summed E-state index contributed by atoms with van der Waals surface area (Å²) in [4.78, 5) is 15.0. The highest BCUT2D eigenvalue weighted by molar-refractivity contribution is 5.81. The van der Waals surface area contributed by atoms with Crippen molar-refractivity contribution in [3.05, 3.63) is 102 Å². The Labute approximate surface area is 165 Å². The maximum Gasteiger partial charge on any atom is 0.263 e. The van der Waals surface area contributed by atoms with Gasteiger partial charge in [-0.3, -0.25) is 4.79 Å². The second-order valence-electron chi connectivity index (χ2n) is 6.53. The number of hydrogen-bond donors (Lipinski definition) is 0. The fourth-order valence-electron chi connectivity index (χ4n) is 2.98. The average molecular weight is 370 g/mol. The first kappa shape index (κ1) is 19.2. The fourth-order valence-corrected chi connectivity index (χ4v) is 2.98. The molecular weight excluding hydrogens is 348 g/mol. The number of benzene rings is 3. The molecule has 0 heterocycles. The normalized spacial score (nSPS) is 11.3. The van der Waals surface area contributed by atoms with Gasteiger partial charge in [0.2, 0.25) is 0 Å². The van der Waals surface area contributed by atoms with E-state index in [9.17, 15) is 10.1 Å². The highest BCUT2D eigenvalue weighted by atomic mass is 16.5. The number of ether oxygens (including phenoxy) is 1. The minimum atomic E-state index is -0.707. The first-order valence-corrected chi connectivity index (χ1v) is 9.20. The summed E-state index contributed by atoms with van der Waals surface area (Å²) in [5.74, 6) is 0.297. The number of nitrogens with zero attached hydrogens (tertiary/aromatic N) is 2. The van der Waals surface area contributed by atoms with Gasteiger partial charge in [0.25, 0.3) is 5.91 Å². The molecule has 0 radical (unpaired) electrons. The van der Waals surface area contributed by atoms with Gasteiger partial charge in [-0.15, -0.1) is 0 Å². The predicted molar refractivity (Wildman–Crippen MR) is 108 cm³/mol. The Morgan fingerprint density at radius 3 is 1.93 bits per heavy atom. The van der Waals surface area contributed by atoms with Crippen LogP contribution in [0.3, 0.4) is 0 Å². The van der Waals surface area contributed by atoms with E-state index in [0.717, 1.165) is 11.1 Å². The van der Waals surface area contributed by atoms with Crippen LogP contribution in [0.2, 0.25) is 0 Å².